The maximum Gasteiger partial charge on any atom is 0.338 e. The van der Waals surface area contributed by atoms with Crippen LogP contribution >= 0.6 is 11.8 Å². The zero-order valence-electron chi connectivity index (χ0n) is 18.4. The molecule has 31 heavy (non-hydrogen) atoms. The van der Waals surface area contributed by atoms with Gasteiger partial charge in [-0.15, -0.1) is 0 Å². The molecule has 1 unspecified atom stereocenters. The number of likely N-dealkylation sites (N-methyl/N-ethyl adjacent to an activating group) is 1. The van der Waals surface area contributed by atoms with Crippen molar-refractivity contribution in [2.45, 2.75) is 26.3 Å². The van der Waals surface area contributed by atoms with E-state index in [0.717, 1.165) is 48.2 Å². The van der Waals surface area contributed by atoms with Gasteiger partial charge in [0.2, 0.25) is 5.91 Å². The number of esters is 1. The van der Waals surface area contributed by atoms with Gasteiger partial charge in [0, 0.05) is 31.9 Å². The Bertz CT molecular complexity index is 992. The molecule has 1 aromatic rings. The van der Waals surface area contributed by atoms with Gasteiger partial charge >= 0.3 is 5.97 Å². The molecule has 1 amide bonds. The Kier molecular flexibility index (Phi) is 6.20. The number of aryl methyl sites for hydroxylation is 1. The molecule has 0 radical (unpaired) electrons. The van der Waals surface area contributed by atoms with Crippen molar-refractivity contribution >= 4 is 28.8 Å². The first-order chi connectivity index (χ1) is 14.9. The van der Waals surface area contributed by atoms with Gasteiger partial charge in [0.15, 0.2) is 5.17 Å². The molecule has 3 heterocycles. The summed E-state index contributed by atoms with van der Waals surface area (Å²) in [5.41, 5.74) is 4.12. The van der Waals surface area contributed by atoms with E-state index < -0.39 is 5.97 Å². The number of ether oxygens (including phenoxy) is 1. The number of amidine groups is 1. The highest BCUT2D eigenvalue weighted by molar-refractivity contribution is 8.16. The van der Waals surface area contributed by atoms with Crippen LogP contribution < -0.4 is 0 Å². The Balaban J connectivity index is 1.68. The molecule has 164 valence electrons. The monoisotopic (exact) mass is 440 g/mol. The Morgan fingerprint density at radius 3 is 2.55 bits per heavy atom. The van der Waals surface area contributed by atoms with Crippen LogP contribution in [0.5, 0.6) is 0 Å². The van der Waals surface area contributed by atoms with Crippen molar-refractivity contribution in [3.05, 3.63) is 57.8 Å². The normalized spacial score (nSPS) is 21.6. The van der Waals surface area contributed by atoms with Crippen LogP contribution in [0.3, 0.4) is 0 Å². The van der Waals surface area contributed by atoms with Crippen LogP contribution in [-0.2, 0) is 14.3 Å². The summed E-state index contributed by atoms with van der Waals surface area (Å²) in [5, 5.41) is 2.78. The Morgan fingerprint density at radius 1 is 1.16 bits per heavy atom. The molecule has 1 saturated heterocycles. The highest BCUT2D eigenvalue weighted by Crippen LogP contribution is 2.45. The minimum absolute atomic E-state index is 0.107. The summed E-state index contributed by atoms with van der Waals surface area (Å²) in [5.74, 6) is -0.286. The van der Waals surface area contributed by atoms with E-state index in [1.807, 2.05) is 53.3 Å². The van der Waals surface area contributed by atoms with Crippen LogP contribution in [-0.4, -0.2) is 72.1 Å². The zero-order valence-corrected chi connectivity index (χ0v) is 19.2. The molecule has 0 N–H and O–H groups in total. The summed E-state index contributed by atoms with van der Waals surface area (Å²) >= 11 is 1.50. The molecule has 3 aliphatic heterocycles. The number of piperazine rings is 1. The minimum atomic E-state index is -0.393. The quantitative estimate of drug-likeness (QED) is 0.671. The van der Waals surface area contributed by atoms with E-state index in [4.69, 9.17) is 4.74 Å². The van der Waals surface area contributed by atoms with Gasteiger partial charge in [0.25, 0.3) is 0 Å². The molecule has 1 fully saturated rings. The second-order valence-corrected chi connectivity index (χ2v) is 8.94. The van der Waals surface area contributed by atoms with Crippen LogP contribution in [0.2, 0.25) is 0 Å². The molecular weight excluding hydrogens is 412 g/mol. The number of rotatable bonds is 4. The lowest BCUT2D eigenvalue weighted by Gasteiger charge is -2.38. The standard InChI is InChI=1S/C23H28N4O3S/c1-15-7-5-6-8-18(15)21-20(22(29)30-4)16(2)24-23-27(21)17(14-31-23)13-19(28)26-11-9-25(3)10-12-26/h5-8,14,21H,9-13H2,1-4H3. The van der Waals surface area contributed by atoms with Crippen molar-refractivity contribution in [2.24, 2.45) is 4.99 Å². The van der Waals surface area contributed by atoms with Gasteiger partial charge in [0.05, 0.1) is 30.8 Å². The number of nitrogens with zero attached hydrogens (tertiary/aromatic N) is 4. The lowest BCUT2D eigenvalue weighted by molar-refractivity contribution is -0.136. The molecule has 1 atom stereocenters. The van der Waals surface area contributed by atoms with Crippen LogP contribution in [0.15, 0.2) is 51.6 Å². The fraction of sp³-hybridized carbons (Fsp3) is 0.435. The lowest BCUT2D eigenvalue weighted by atomic mass is 9.91. The molecule has 1 aromatic carbocycles. The second kappa shape index (κ2) is 8.88. The van der Waals surface area contributed by atoms with E-state index in [-0.39, 0.29) is 18.4 Å². The van der Waals surface area contributed by atoms with Gasteiger partial charge in [-0.05, 0) is 37.4 Å². The predicted molar refractivity (Wildman–Crippen MR) is 122 cm³/mol. The van der Waals surface area contributed by atoms with Gasteiger partial charge < -0.3 is 19.4 Å². The molecule has 0 spiro atoms. The van der Waals surface area contributed by atoms with Crippen molar-refractivity contribution in [3.8, 4) is 0 Å². The van der Waals surface area contributed by atoms with E-state index >= 15 is 0 Å². The Morgan fingerprint density at radius 2 is 1.87 bits per heavy atom. The number of allylic oxidation sites excluding steroid dienone is 1. The molecule has 4 rings (SSSR count). The van der Waals surface area contributed by atoms with E-state index in [1.165, 1.54) is 18.9 Å². The molecular formula is C23H28N4O3S. The number of methoxy groups -OCH3 is 1. The largest absolute Gasteiger partial charge is 0.466 e. The average molecular weight is 441 g/mol. The molecule has 7 nitrogen and oxygen atoms in total. The van der Waals surface area contributed by atoms with Crippen LogP contribution in [0.1, 0.15) is 30.5 Å². The molecule has 0 bridgehead atoms. The van der Waals surface area contributed by atoms with E-state index in [0.29, 0.717) is 11.3 Å². The predicted octanol–water partition coefficient (Wildman–Crippen LogP) is 2.91. The number of aliphatic imine (C=N–C) groups is 1. The maximum atomic E-state index is 13.1. The summed E-state index contributed by atoms with van der Waals surface area (Å²) < 4.78 is 5.12. The molecule has 0 aromatic heterocycles. The summed E-state index contributed by atoms with van der Waals surface area (Å²) in [6.45, 7) is 7.13. The molecule has 8 heteroatoms. The number of carbonyl (C=O) groups is 2. The lowest BCUT2D eigenvalue weighted by Crippen LogP contribution is -2.47. The first-order valence-corrected chi connectivity index (χ1v) is 11.3. The van der Waals surface area contributed by atoms with Crippen molar-refractivity contribution in [2.75, 3.05) is 40.3 Å². The van der Waals surface area contributed by atoms with Crippen molar-refractivity contribution in [1.82, 2.24) is 14.7 Å². The summed E-state index contributed by atoms with van der Waals surface area (Å²) in [7, 11) is 3.47. The number of hydrogen-bond donors (Lipinski definition) is 0. The van der Waals surface area contributed by atoms with Crippen LogP contribution in [0.25, 0.3) is 0 Å². The number of thioether (sulfide) groups is 1. The van der Waals surface area contributed by atoms with Gasteiger partial charge in [-0.1, -0.05) is 36.0 Å². The first-order valence-electron chi connectivity index (χ1n) is 10.4. The Hall–Kier alpha value is -2.58. The third kappa shape index (κ3) is 4.14. The fourth-order valence-corrected chi connectivity index (χ4v) is 5.22. The Labute approximate surface area is 187 Å². The highest BCUT2D eigenvalue weighted by atomic mass is 32.2. The second-order valence-electron chi connectivity index (χ2n) is 8.10. The first kappa shape index (κ1) is 21.6. The smallest absolute Gasteiger partial charge is 0.338 e. The zero-order chi connectivity index (χ0) is 22.1. The van der Waals surface area contributed by atoms with E-state index in [1.54, 1.807) is 0 Å². The minimum Gasteiger partial charge on any atom is -0.466 e. The third-order valence-electron chi connectivity index (χ3n) is 6.08. The van der Waals surface area contributed by atoms with Gasteiger partial charge in [-0.25, -0.2) is 9.79 Å². The number of hydrogen-bond acceptors (Lipinski definition) is 7. The highest BCUT2D eigenvalue weighted by Gasteiger charge is 2.41. The van der Waals surface area contributed by atoms with E-state index in [2.05, 4.69) is 16.9 Å². The van der Waals surface area contributed by atoms with Gasteiger partial charge in [-0.3, -0.25) is 4.79 Å². The van der Waals surface area contributed by atoms with Gasteiger partial charge in [-0.2, -0.15) is 0 Å². The average Bonchev–Trinajstić information content (AvgIpc) is 3.15. The topological polar surface area (TPSA) is 65.5 Å². The number of amides is 1. The number of carbonyl (C=O) groups excluding carboxylic acids is 2. The summed E-state index contributed by atoms with van der Waals surface area (Å²) in [6, 6.07) is 7.65. The number of fused-ring (bicyclic) bond motifs is 1. The summed E-state index contributed by atoms with van der Waals surface area (Å²) in [4.78, 5) is 36.7. The summed E-state index contributed by atoms with van der Waals surface area (Å²) in [6.07, 6.45) is 0.283. The third-order valence-corrected chi connectivity index (χ3v) is 6.97. The molecule has 3 aliphatic rings. The maximum absolute atomic E-state index is 13.1. The fourth-order valence-electron chi connectivity index (χ4n) is 4.25. The number of benzene rings is 1. The van der Waals surface area contributed by atoms with Gasteiger partial charge in [0.1, 0.15) is 0 Å². The molecule has 0 saturated carbocycles. The van der Waals surface area contributed by atoms with Crippen LogP contribution in [0, 0.1) is 6.92 Å². The van der Waals surface area contributed by atoms with E-state index in [9.17, 15) is 9.59 Å². The van der Waals surface area contributed by atoms with Crippen molar-refractivity contribution in [1.29, 1.82) is 0 Å². The SMILES string of the molecule is COC(=O)C1=C(C)N=C2SC=C(CC(=O)N3CCN(C)CC3)N2C1c1ccccc1C. The van der Waals surface area contributed by atoms with Crippen molar-refractivity contribution < 1.29 is 14.3 Å². The van der Waals surface area contributed by atoms with Crippen LogP contribution in [0.4, 0.5) is 0 Å². The molecule has 0 aliphatic carbocycles. The van der Waals surface area contributed by atoms with Crippen molar-refractivity contribution in [3.63, 3.8) is 0 Å².